The number of halogens is 1. The van der Waals surface area contributed by atoms with E-state index in [9.17, 15) is 18.0 Å². The van der Waals surface area contributed by atoms with E-state index in [0.29, 0.717) is 5.56 Å². The van der Waals surface area contributed by atoms with E-state index < -0.39 is 15.9 Å². The largest absolute Gasteiger partial charge is 0.341 e. The molecule has 1 heterocycles. The minimum Gasteiger partial charge on any atom is -0.341 e. The van der Waals surface area contributed by atoms with Crippen LogP contribution in [0, 0.1) is 0 Å². The highest BCUT2D eigenvalue weighted by Crippen LogP contribution is 2.11. The number of carbonyl (C=O) groups excluding carboxylic acids is 2. The Balaban J connectivity index is 1.94. The van der Waals surface area contributed by atoms with Gasteiger partial charge in [-0.25, -0.2) is 8.42 Å². The number of nitrogens with one attached hydrogen (secondary N) is 1. The lowest BCUT2D eigenvalue weighted by molar-refractivity contribution is -0.132. The zero-order chi connectivity index (χ0) is 16.3. The van der Waals surface area contributed by atoms with E-state index in [4.69, 9.17) is 0 Å². The molecule has 22 heavy (non-hydrogen) atoms. The lowest BCUT2D eigenvalue weighted by Gasteiger charge is -2.29. The maximum absolute atomic E-state index is 12.2. The Morgan fingerprint density at radius 1 is 1.18 bits per heavy atom. The summed E-state index contributed by atoms with van der Waals surface area (Å²) in [5.74, 6) is -0.642. The molecule has 0 saturated carbocycles. The lowest BCUT2D eigenvalue weighted by Crippen LogP contribution is -2.51. The standard InChI is InChI=1S/C14H17BrN2O4S/c1-10(14(19)17-6-8-22(20,21)9-7-17)16-13(18)11-2-4-12(15)5-3-11/h2-5,10H,6-9H2,1H3,(H,16,18). The predicted molar refractivity (Wildman–Crippen MR) is 86.3 cm³/mol. The number of sulfone groups is 1. The Kier molecular flexibility index (Phi) is 5.23. The second-order valence-corrected chi connectivity index (χ2v) is 8.40. The Labute approximate surface area is 137 Å². The number of nitrogens with zero attached hydrogens (tertiary/aromatic N) is 1. The molecule has 8 heteroatoms. The maximum atomic E-state index is 12.2. The molecule has 120 valence electrons. The van der Waals surface area contributed by atoms with Crippen LogP contribution in [0.1, 0.15) is 17.3 Å². The molecule has 0 radical (unpaired) electrons. The van der Waals surface area contributed by atoms with Crippen LogP contribution in [0.4, 0.5) is 0 Å². The van der Waals surface area contributed by atoms with Gasteiger partial charge in [0, 0.05) is 23.1 Å². The predicted octanol–water partition coefficient (Wildman–Crippen LogP) is 0.824. The smallest absolute Gasteiger partial charge is 0.251 e. The van der Waals surface area contributed by atoms with Gasteiger partial charge < -0.3 is 10.2 Å². The van der Waals surface area contributed by atoms with Gasteiger partial charge in [-0.15, -0.1) is 0 Å². The summed E-state index contributed by atoms with van der Waals surface area (Å²) in [5, 5.41) is 2.64. The molecule has 1 N–H and O–H groups in total. The fourth-order valence-electron chi connectivity index (χ4n) is 2.15. The van der Waals surface area contributed by atoms with Crippen LogP contribution in [0.15, 0.2) is 28.7 Å². The van der Waals surface area contributed by atoms with Crippen LogP contribution in [-0.4, -0.2) is 55.8 Å². The fourth-order valence-corrected chi connectivity index (χ4v) is 3.62. The zero-order valence-corrected chi connectivity index (χ0v) is 14.5. The highest BCUT2D eigenvalue weighted by Gasteiger charge is 2.28. The summed E-state index contributed by atoms with van der Waals surface area (Å²) in [4.78, 5) is 25.8. The number of hydrogen-bond acceptors (Lipinski definition) is 4. The van der Waals surface area contributed by atoms with Crippen LogP contribution in [0.25, 0.3) is 0 Å². The van der Waals surface area contributed by atoms with Crippen LogP contribution in [0.2, 0.25) is 0 Å². The Morgan fingerprint density at radius 3 is 2.27 bits per heavy atom. The van der Waals surface area contributed by atoms with Crippen molar-refractivity contribution in [2.45, 2.75) is 13.0 Å². The first-order valence-corrected chi connectivity index (χ1v) is 9.45. The average Bonchev–Trinajstić information content (AvgIpc) is 2.47. The van der Waals surface area contributed by atoms with E-state index in [-0.39, 0.29) is 36.4 Å². The summed E-state index contributed by atoms with van der Waals surface area (Å²) < 4.78 is 23.6. The fraction of sp³-hybridized carbons (Fsp3) is 0.429. The Morgan fingerprint density at radius 2 is 1.73 bits per heavy atom. The van der Waals surface area contributed by atoms with Gasteiger partial charge in [0.1, 0.15) is 6.04 Å². The van der Waals surface area contributed by atoms with Crippen LogP contribution in [0.3, 0.4) is 0 Å². The molecule has 0 aliphatic carbocycles. The van der Waals surface area contributed by atoms with Gasteiger partial charge in [0.15, 0.2) is 9.84 Å². The average molecular weight is 389 g/mol. The van der Waals surface area contributed by atoms with Crippen molar-refractivity contribution < 1.29 is 18.0 Å². The third kappa shape index (κ3) is 4.30. The SMILES string of the molecule is CC(NC(=O)c1ccc(Br)cc1)C(=O)N1CCS(=O)(=O)CC1. The second-order valence-electron chi connectivity index (χ2n) is 5.18. The molecule has 6 nitrogen and oxygen atoms in total. The van der Waals surface area contributed by atoms with Crippen molar-refractivity contribution in [3.05, 3.63) is 34.3 Å². The van der Waals surface area contributed by atoms with Crippen LogP contribution >= 0.6 is 15.9 Å². The van der Waals surface area contributed by atoms with Gasteiger partial charge in [0.25, 0.3) is 5.91 Å². The van der Waals surface area contributed by atoms with Gasteiger partial charge in [-0.05, 0) is 31.2 Å². The highest BCUT2D eigenvalue weighted by atomic mass is 79.9. The molecule has 0 spiro atoms. The van der Waals surface area contributed by atoms with Crippen molar-refractivity contribution in [1.82, 2.24) is 10.2 Å². The van der Waals surface area contributed by atoms with Gasteiger partial charge in [-0.3, -0.25) is 9.59 Å². The van der Waals surface area contributed by atoms with Crippen molar-refractivity contribution in [2.24, 2.45) is 0 Å². The summed E-state index contributed by atoms with van der Waals surface area (Å²) in [6.07, 6.45) is 0. The van der Waals surface area contributed by atoms with Gasteiger partial charge in [0.05, 0.1) is 11.5 Å². The van der Waals surface area contributed by atoms with Crippen LogP contribution in [-0.2, 0) is 14.6 Å². The summed E-state index contributed by atoms with van der Waals surface area (Å²) in [5.41, 5.74) is 0.462. The Bertz CT molecular complexity index is 659. The zero-order valence-electron chi connectivity index (χ0n) is 12.1. The molecule has 1 aliphatic heterocycles. The number of benzene rings is 1. The van der Waals surface area contributed by atoms with Gasteiger partial charge in [0.2, 0.25) is 5.91 Å². The van der Waals surface area contributed by atoms with Gasteiger partial charge in [-0.2, -0.15) is 0 Å². The van der Waals surface area contributed by atoms with E-state index in [0.717, 1.165) is 4.47 Å². The molecule has 1 atom stereocenters. The third-order valence-electron chi connectivity index (χ3n) is 3.48. The molecule has 0 bridgehead atoms. The van der Waals surface area contributed by atoms with E-state index >= 15 is 0 Å². The molecule has 1 unspecified atom stereocenters. The first-order chi connectivity index (χ1) is 10.3. The number of amides is 2. The summed E-state index contributed by atoms with van der Waals surface area (Å²) in [6.45, 7) is 1.96. The van der Waals surface area contributed by atoms with Crippen molar-refractivity contribution in [2.75, 3.05) is 24.6 Å². The van der Waals surface area contributed by atoms with Gasteiger partial charge in [-0.1, -0.05) is 15.9 Å². The third-order valence-corrected chi connectivity index (χ3v) is 5.62. The summed E-state index contributed by atoms with van der Waals surface area (Å²) >= 11 is 3.29. The normalized spacial score (nSPS) is 18.5. The van der Waals surface area contributed by atoms with Crippen molar-refractivity contribution in [3.8, 4) is 0 Å². The van der Waals surface area contributed by atoms with Crippen molar-refractivity contribution >= 4 is 37.6 Å². The number of rotatable bonds is 3. The highest BCUT2D eigenvalue weighted by molar-refractivity contribution is 9.10. The van der Waals surface area contributed by atoms with Crippen LogP contribution < -0.4 is 5.32 Å². The molecule has 0 aromatic heterocycles. The van der Waals surface area contributed by atoms with Gasteiger partial charge >= 0.3 is 0 Å². The van der Waals surface area contributed by atoms with E-state index in [2.05, 4.69) is 21.2 Å². The first-order valence-electron chi connectivity index (χ1n) is 6.84. The first kappa shape index (κ1) is 17.0. The lowest BCUT2D eigenvalue weighted by atomic mass is 10.2. The molecular formula is C14H17BrN2O4S. The molecule has 1 saturated heterocycles. The summed E-state index contributed by atoms with van der Waals surface area (Å²) in [6, 6.07) is 6.11. The Hall–Kier alpha value is -1.41. The van der Waals surface area contributed by atoms with E-state index in [1.54, 1.807) is 31.2 Å². The molecule has 1 aromatic carbocycles. The molecular weight excluding hydrogens is 372 g/mol. The molecule has 1 aromatic rings. The van der Waals surface area contributed by atoms with Crippen molar-refractivity contribution in [3.63, 3.8) is 0 Å². The molecule has 2 amide bonds. The van der Waals surface area contributed by atoms with E-state index in [1.807, 2.05) is 0 Å². The quantitative estimate of drug-likeness (QED) is 0.830. The van der Waals surface area contributed by atoms with Crippen molar-refractivity contribution in [1.29, 1.82) is 0 Å². The monoisotopic (exact) mass is 388 g/mol. The minimum absolute atomic E-state index is 0.0217. The minimum atomic E-state index is -3.03. The molecule has 1 fully saturated rings. The topological polar surface area (TPSA) is 83.6 Å². The summed E-state index contributed by atoms with van der Waals surface area (Å²) in [7, 11) is -3.03. The number of hydrogen-bond donors (Lipinski definition) is 1. The van der Waals surface area contributed by atoms with Crippen LogP contribution in [0.5, 0.6) is 0 Å². The molecule has 1 aliphatic rings. The maximum Gasteiger partial charge on any atom is 0.251 e. The number of carbonyl (C=O) groups is 2. The second kappa shape index (κ2) is 6.78. The molecule has 2 rings (SSSR count). The van der Waals surface area contributed by atoms with E-state index in [1.165, 1.54) is 4.90 Å².